The van der Waals surface area contributed by atoms with E-state index in [-0.39, 0.29) is 11.5 Å². The third kappa shape index (κ3) is 4.64. The molecule has 0 radical (unpaired) electrons. The molecule has 2 aromatic rings. The van der Waals surface area contributed by atoms with Crippen molar-refractivity contribution in [2.45, 2.75) is 6.18 Å². The summed E-state index contributed by atoms with van der Waals surface area (Å²) in [5, 5.41) is 0. The van der Waals surface area contributed by atoms with Crippen molar-refractivity contribution in [1.82, 2.24) is 9.88 Å². The summed E-state index contributed by atoms with van der Waals surface area (Å²) in [6, 6.07) is 6.44. The summed E-state index contributed by atoms with van der Waals surface area (Å²) in [4.78, 5) is 20.0. The standard InChI is InChI=1S/C19H17F4N3O/c20-17-3-1-14(13-16(17)19(21,22)23)2-4-18(27)26-11-9-25(10-12-26)15-5-7-24-8-6-15/h1-8,13H,9-12H2/b4-2+. The van der Waals surface area contributed by atoms with Crippen LogP contribution in [-0.4, -0.2) is 42.0 Å². The van der Waals surface area contributed by atoms with Crippen molar-refractivity contribution in [1.29, 1.82) is 0 Å². The van der Waals surface area contributed by atoms with Crippen molar-refractivity contribution < 1.29 is 22.4 Å². The molecule has 1 aliphatic heterocycles. The third-order valence-electron chi connectivity index (χ3n) is 4.33. The number of alkyl halides is 3. The molecular formula is C19H17F4N3O. The van der Waals surface area contributed by atoms with Gasteiger partial charge in [0.05, 0.1) is 5.56 Å². The van der Waals surface area contributed by atoms with Gasteiger partial charge in [-0.3, -0.25) is 9.78 Å². The number of anilines is 1. The molecule has 0 N–H and O–H groups in total. The maximum atomic E-state index is 13.3. The molecule has 8 heteroatoms. The number of aromatic nitrogens is 1. The van der Waals surface area contributed by atoms with Gasteiger partial charge in [-0.1, -0.05) is 6.07 Å². The van der Waals surface area contributed by atoms with Crippen LogP contribution < -0.4 is 4.90 Å². The van der Waals surface area contributed by atoms with E-state index in [9.17, 15) is 22.4 Å². The van der Waals surface area contributed by atoms with E-state index in [2.05, 4.69) is 9.88 Å². The van der Waals surface area contributed by atoms with Crippen molar-refractivity contribution in [2.75, 3.05) is 31.1 Å². The first-order chi connectivity index (χ1) is 12.8. The van der Waals surface area contributed by atoms with Gasteiger partial charge in [0.15, 0.2) is 0 Å². The number of rotatable bonds is 3. The minimum Gasteiger partial charge on any atom is -0.368 e. The first-order valence-electron chi connectivity index (χ1n) is 8.33. The molecule has 0 bridgehead atoms. The van der Waals surface area contributed by atoms with Crippen LogP contribution in [0.25, 0.3) is 6.08 Å². The molecule has 1 aromatic heterocycles. The SMILES string of the molecule is O=C(/C=C/c1ccc(F)c(C(F)(F)F)c1)N1CCN(c2ccncc2)CC1. The van der Waals surface area contributed by atoms with Crippen LogP contribution in [-0.2, 0) is 11.0 Å². The first-order valence-corrected chi connectivity index (χ1v) is 8.33. The molecule has 1 saturated heterocycles. The van der Waals surface area contributed by atoms with Crippen LogP contribution in [0.2, 0.25) is 0 Å². The first kappa shape index (κ1) is 18.9. The molecule has 1 amide bonds. The number of hydrogen-bond acceptors (Lipinski definition) is 3. The van der Waals surface area contributed by atoms with Crippen LogP contribution in [0.5, 0.6) is 0 Å². The van der Waals surface area contributed by atoms with E-state index in [0.717, 1.165) is 11.8 Å². The predicted molar refractivity (Wildman–Crippen MR) is 93.5 cm³/mol. The summed E-state index contributed by atoms with van der Waals surface area (Å²) in [6.45, 7) is 2.31. The molecule has 0 atom stereocenters. The molecule has 0 saturated carbocycles. The zero-order valence-electron chi connectivity index (χ0n) is 14.3. The Morgan fingerprint density at radius 3 is 2.33 bits per heavy atom. The van der Waals surface area contributed by atoms with Gasteiger partial charge in [-0.05, 0) is 35.9 Å². The minimum absolute atomic E-state index is 0.118. The third-order valence-corrected chi connectivity index (χ3v) is 4.33. The van der Waals surface area contributed by atoms with Gasteiger partial charge in [0.25, 0.3) is 0 Å². The highest BCUT2D eigenvalue weighted by Gasteiger charge is 2.34. The molecule has 3 rings (SSSR count). The summed E-state index contributed by atoms with van der Waals surface area (Å²) in [5.41, 5.74) is -0.200. The molecule has 2 heterocycles. The van der Waals surface area contributed by atoms with Crippen molar-refractivity contribution in [2.24, 2.45) is 0 Å². The molecule has 0 spiro atoms. The van der Waals surface area contributed by atoms with E-state index in [4.69, 9.17) is 0 Å². The highest BCUT2D eigenvalue weighted by molar-refractivity contribution is 5.92. The summed E-state index contributed by atoms with van der Waals surface area (Å²) >= 11 is 0. The fourth-order valence-corrected chi connectivity index (χ4v) is 2.88. The van der Waals surface area contributed by atoms with Gasteiger partial charge in [-0.25, -0.2) is 4.39 Å². The van der Waals surface area contributed by atoms with E-state index in [0.29, 0.717) is 32.2 Å². The topological polar surface area (TPSA) is 36.4 Å². The van der Waals surface area contributed by atoms with Gasteiger partial charge < -0.3 is 9.80 Å². The molecular weight excluding hydrogens is 362 g/mol. The van der Waals surface area contributed by atoms with Gasteiger partial charge >= 0.3 is 6.18 Å². The molecule has 1 fully saturated rings. The Morgan fingerprint density at radius 1 is 1.04 bits per heavy atom. The number of carbonyl (C=O) groups is 1. The van der Waals surface area contributed by atoms with Gasteiger partial charge in [0.2, 0.25) is 5.91 Å². The van der Waals surface area contributed by atoms with Crippen LogP contribution in [0.1, 0.15) is 11.1 Å². The Hall–Kier alpha value is -2.90. The lowest BCUT2D eigenvalue weighted by molar-refractivity contribution is -0.140. The fourth-order valence-electron chi connectivity index (χ4n) is 2.88. The summed E-state index contributed by atoms with van der Waals surface area (Å²) < 4.78 is 51.5. The largest absolute Gasteiger partial charge is 0.419 e. The van der Waals surface area contributed by atoms with Crippen LogP contribution in [0.15, 0.2) is 48.8 Å². The smallest absolute Gasteiger partial charge is 0.368 e. The second-order valence-corrected chi connectivity index (χ2v) is 6.09. The second-order valence-electron chi connectivity index (χ2n) is 6.09. The zero-order valence-corrected chi connectivity index (χ0v) is 14.3. The monoisotopic (exact) mass is 379 g/mol. The summed E-state index contributed by atoms with van der Waals surface area (Å²) in [7, 11) is 0. The normalized spacial score (nSPS) is 15.4. The lowest BCUT2D eigenvalue weighted by Crippen LogP contribution is -2.48. The number of carbonyl (C=O) groups excluding carboxylic acids is 1. The molecule has 0 aliphatic carbocycles. The molecule has 27 heavy (non-hydrogen) atoms. The lowest BCUT2D eigenvalue weighted by Gasteiger charge is -2.35. The number of halogens is 4. The predicted octanol–water partition coefficient (Wildman–Crippen LogP) is 3.60. The molecule has 4 nitrogen and oxygen atoms in total. The highest BCUT2D eigenvalue weighted by atomic mass is 19.4. The molecule has 142 valence electrons. The Balaban J connectivity index is 1.61. The minimum atomic E-state index is -4.78. The van der Waals surface area contributed by atoms with E-state index in [1.54, 1.807) is 17.3 Å². The lowest BCUT2D eigenvalue weighted by atomic mass is 10.1. The highest BCUT2D eigenvalue weighted by Crippen LogP contribution is 2.32. The maximum Gasteiger partial charge on any atom is 0.419 e. The average molecular weight is 379 g/mol. The number of hydrogen-bond donors (Lipinski definition) is 0. The number of pyridine rings is 1. The quantitative estimate of drug-likeness (QED) is 0.604. The number of benzene rings is 1. The second kappa shape index (κ2) is 7.77. The van der Waals surface area contributed by atoms with E-state index in [1.165, 1.54) is 18.2 Å². The van der Waals surface area contributed by atoms with Gasteiger partial charge in [-0.15, -0.1) is 0 Å². The van der Waals surface area contributed by atoms with Crippen LogP contribution in [0, 0.1) is 5.82 Å². The average Bonchev–Trinajstić information content (AvgIpc) is 2.67. The Morgan fingerprint density at radius 2 is 1.70 bits per heavy atom. The Bertz CT molecular complexity index is 829. The van der Waals surface area contributed by atoms with E-state index >= 15 is 0 Å². The number of nitrogens with zero attached hydrogens (tertiary/aromatic N) is 3. The van der Waals surface area contributed by atoms with Crippen LogP contribution in [0.4, 0.5) is 23.2 Å². The number of piperazine rings is 1. The van der Waals surface area contributed by atoms with Crippen molar-refractivity contribution in [3.8, 4) is 0 Å². The summed E-state index contributed by atoms with van der Waals surface area (Å²) in [6.07, 6.45) is 1.12. The van der Waals surface area contributed by atoms with Crippen molar-refractivity contribution in [3.05, 3.63) is 65.7 Å². The Labute approximate surface area is 153 Å². The van der Waals surface area contributed by atoms with Crippen molar-refractivity contribution >= 4 is 17.7 Å². The van der Waals surface area contributed by atoms with Gasteiger partial charge in [0, 0.05) is 50.3 Å². The van der Waals surface area contributed by atoms with Gasteiger partial charge in [-0.2, -0.15) is 13.2 Å². The van der Waals surface area contributed by atoms with Crippen molar-refractivity contribution in [3.63, 3.8) is 0 Å². The van der Waals surface area contributed by atoms with Gasteiger partial charge in [0.1, 0.15) is 5.82 Å². The van der Waals surface area contributed by atoms with E-state index in [1.807, 2.05) is 12.1 Å². The summed E-state index contributed by atoms with van der Waals surface area (Å²) in [5.74, 6) is -1.62. The van der Waals surface area contributed by atoms with E-state index < -0.39 is 17.6 Å². The zero-order chi connectivity index (χ0) is 19.4. The fraction of sp³-hybridized carbons (Fsp3) is 0.263. The Kier molecular flexibility index (Phi) is 5.43. The van der Waals surface area contributed by atoms with Crippen LogP contribution in [0.3, 0.4) is 0 Å². The molecule has 0 unspecified atom stereocenters. The molecule has 1 aliphatic rings. The van der Waals surface area contributed by atoms with Crippen LogP contribution >= 0.6 is 0 Å². The maximum absolute atomic E-state index is 13.3. The number of amides is 1. The molecule has 1 aromatic carbocycles.